The van der Waals surface area contributed by atoms with Gasteiger partial charge in [-0.05, 0) is 47.4 Å². The summed E-state index contributed by atoms with van der Waals surface area (Å²) in [6.07, 6.45) is -3.76. The Bertz CT molecular complexity index is 1500. The first-order chi connectivity index (χ1) is 20.7. The Kier molecular flexibility index (Phi) is 12.6. The van der Waals surface area contributed by atoms with Gasteiger partial charge >= 0.3 is 18.1 Å². The highest BCUT2D eigenvalue weighted by molar-refractivity contribution is 5.99. The van der Waals surface area contributed by atoms with Crippen molar-refractivity contribution >= 4 is 35.3 Å². The number of nitrogens with two attached hydrogens (primary N) is 2. The minimum Gasteiger partial charge on any atom is -0.479 e. The Labute approximate surface area is 250 Å². The molecule has 7 N–H and O–H groups in total. The highest BCUT2D eigenvalue weighted by atomic mass is 19.4. The number of nitrogens with one attached hydrogen (secondary N) is 1. The lowest BCUT2D eigenvalue weighted by Crippen LogP contribution is -2.33. The minimum atomic E-state index is -5.08. The lowest BCUT2D eigenvalue weighted by Gasteiger charge is -2.16. The lowest BCUT2D eigenvalue weighted by molar-refractivity contribution is -0.192. The average Bonchev–Trinajstić information content (AvgIpc) is 3.43. The van der Waals surface area contributed by atoms with Crippen molar-refractivity contribution in [2.45, 2.75) is 38.5 Å². The zero-order chi connectivity index (χ0) is 33.0. The first-order valence-electron chi connectivity index (χ1n) is 13.1. The number of hydrogen-bond acceptors (Lipinski definition) is 6. The SMILES string of the molecule is CCC(=O)N1CCc2ccc(C(N)=O)cc21.NCc1cccc(C(=O)N[C@@H](C(=O)O)c2ccccc2)c1.O=C(O)C(F)(F)F. The number of hydrogen-bond donors (Lipinski definition) is 5. The number of amides is 3. The third-order valence-corrected chi connectivity index (χ3v) is 6.19. The van der Waals surface area contributed by atoms with Crippen molar-refractivity contribution in [3.05, 3.63) is 101 Å². The number of aliphatic carboxylic acids is 2. The van der Waals surface area contributed by atoms with Gasteiger partial charge in [-0.3, -0.25) is 14.4 Å². The quantitative estimate of drug-likeness (QED) is 0.266. The van der Waals surface area contributed by atoms with Crippen molar-refractivity contribution < 1.29 is 47.4 Å². The van der Waals surface area contributed by atoms with Crippen LogP contribution in [0, 0.1) is 0 Å². The number of carboxylic acids is 2. The van der Waals surface area contributed by atoms with Crippen molar-refractivity contribution in [3.63, 3.8) is 0 Å². The van der Waals surface area contributed by atoms with E-state index in [0.717, 1.165) is 23.2 Å². The summed E-state index contributed by atoms with van der Waals surface area (Å²) in [7, 11) is 0. The van der Waals surface area contributed by atoms with Gasteiger partial charge in [-0.1, -0.05) is 55.5 Å². The number of primary amides is 1. The Morgan fingerprint density at radius 3 is 2.09 bits per heavy atom. The van der Waals surface area contributed by atoms with Crippen LogP contribution in [0.1, 0.15) is 56.8 Å². The molecule has 1 heterocycles. The summed E-state index contributed by atoms with van der Waals surface area (Å²) in [5.41, 5.74) is 14.9. The summed E-state index contributed by atoms with van der Waals surface area (Å²) in [5.74, 6) is -4.68. The zero-order valence-corrected chi connectivity index (χ0v) is 23.5. The lowest BCUT2D eigenvalue weighted by atomic mass is 10.1. The maximum absolute atomic E-state index is 12.2. The van der Waals surface area contributed by atoms with Gasteiger partial charge in [0, 0.05) is 36.3 Å². The predicted octanol–water partition coefficient (Wildman–Crippen LogP) is 3.42. The van der Waals surface area contributed by atoms with E-state index in [1.165, 1.54) is 0 Å². The van der Waals surface area contributed by atoms with Crippen LogP contribution in [0.3, 0.4) is 0 Å². The number of carbonyl (C=O) groups is 5. The van der Waals surface area contributed by atoms with Crippen LogP contribution >= 0.6 is 0 Å². The number of nitrogens with zero attached hydrogens (tertiary/aromatic N) is 1. The number of anilines is 1. The van der Waals surface area contributed by atoms with E-state index < -0.39 is 36.0 Å². The van der Waals surface area contributed by atoms with Crippen molar-refractivity contribution in [3.8, 4) is 0 Å². The van der Waals surface area contributed by atoms with Crippen molar-refractivity contribution in [2.75, 3.05) is 11.4 Å². The number of carboxylic acid groups (broad SMARTS) is 2. The van der Waals surface area contributed by atoms with Gasteiger partial charge in [0.05, 0.1) is 0 Å². The molecule has 0 fully saturated rings. The van der Waals surface area contributed by atoms with Gasteiger partial charge in [0.2, 0.25) is 11.8 Å². The Hall–Kier alpha value is -5.24. The molecule has 0 radical (unpaired) electrons. The Balaban J connectivity index is 0.000000259. The van der Waals surface area contributed by atoms with E-state index >= 15 is 0 Å². The average molecular weight is 617 g/mol. The monoisotopic (exact) mass is 616 g/mol. The van der Waals surface area contributed by atoms with Gasteiger partial charge in [0.1, 0.15) is 0 Å². The van der Waals surface area contributed by atoms with Crippen molar-refractivity contribution in [2.24, 2.45) is 11.5 Å². The van der Waals surface area contributed by atoms with E-state index in [0.29, 0.717) is 36.2 Å². The molecule has 44 heavy (non-hydrogen) atoms. The van der Waals surface area contributed by atoms with E-state index in [2.05, 4.69) is 5.32 Å². The van der Waals surface area contributed by atoms with Gasteiger partial charge in [0.25, 0.3) is 5.91 Å². The highest BCUT2D eigenvalue weighted by Gasteiger charge is 2.38. The number of halogens is 3. The molecule has 11 nitrogen and oxygen atoms in total. The molecule has 3 aromatic carbocycles. The van der Waals surface area contributed by atoms with Crippen molar-refractivity contribution in [1.82, 2.24) is 5.32 Å². The molecule has 0 unspecified atom stereocenters. The third kappa shape index (κ3) is 9.94. The molecule has 14 heteroatoms. The number of benzene rings is 3. The van der Waals surface area contributed by atoms with Crippen LogP contribution in [-0.4, -0.2) is 52.6 Å². The molecule has 0 saturated carbocycles. The van der Waals surface area contributed by atoms with Crippen LogP contribution in [0.15, 0.2) is 72.8 Å². The van der Waals surface area contributed by atoms with Crippen molar-refractivity contribution in [1.29, 1.82) is 0 Å². The molecule has 1 aliphatic rings. The van der Waals surface area contributed by atoms with E-state index in [9.17, 15) is 37.5 Å². The molecule has 1 aliphatic heterocycles. The molecule has 0 aromatic heterocycles. The highest BCUT2D eigenvalue weighted by Crippen LogP contribution is 2.29. The molecule has 0 aliphatic carbocycles. The molecule has 3 amide bonds. The van der Waals surface area contributed by atoms with Crippen LogP contribution in [-0.2, 0) is 27.3 Å². The van der Waals surface area contributed by atoms with Gasteiger partial charge in [-0.2, -0.15) is 13.2 Å². The van der Waals surface area contributed by atoms with Crippen LogP contribution < -0.4 is 21.7 Å². The normalized spacial score (nSPS) is 12.3. The minimum absolute atomic E-state index is 0.0837. The molecule has 0 spiro atoms. The molecule has 1 atom stereocenters. The molecule has 0 bridgehead atoms. The standard InChI is InChI=1S/C16H16N2O3.C12H14N2O2.C2HF3O2/c17-10-11-5-4-8-13(9-11)15(19)18-14(16(20)21)12-6-2-1-3-7-12;1-2-11(15)14-6-5-8-3-4-9(12(13)16)7-10(8)14;3-2(4,5)1(6)7/h1-9,14H,10,17H2,(H,18,19)(H,20,21);3-4,7H,2,5-6H2,1H3,(H2,13,16);(H,6,7)/t14-;;/m1../s1. The second-order valence-electron chi connectivity index (χ2n) is 9.22. The zero-order valence-electron chi connectivity index (χ0n) is 23.5. The molecular weight excluding hydrogens is 585 g/mol. The summed E-state index contributed by atoms with van der Waals surface area (Å²) in [4.78, 5) is 56.9. The van der Waals surface area contributed by atoms with E-state index in [1.54, 1.807) is 65.6 Å². The predicted molar refractivity (Wildman–Crippen MR) is 154 cm³/mol. The number of fused-ring (bicyclic) bond motifs is 1. The largest absolute Gasteiger partial charge is 0.490 e. The Morgan fingerprint density at radius 1 is 0.932 bits per heavy atom. The summed E-state index contributed by atoms with van der Waals surface area (Å²) < 4.78 is 31.7. The number of rotatable bonds is 7. The molecule has 3 aromatic rings. The first kappa shape index (κ1) is 35.0. The summed E-state index contributed by atoms with van der Waals surface area (Å²) in [6, 6.07) is 19.6. The molecule has 234 valence electrons. The van der Waals surface area contributed by atoms with Crippen LogP contribution in [0.25, 0.3) is 0 Å². The topological polar surface area (TPSA) is 193 Å². The number of alkyl halides is 3. The molecule has 4 rings (SSSR count). The Morgan fingerprint density at radius 2 is 1.57 bits per heavy atom. The van der Waals surface area contributed by atoms with Crippen LogP contribution in [0.5, 0.6) is 0 Å². The van der Waals surface area contributed by atoms with Gasteiger partial charge in [-0.15, -0.1) is 0 Å². The van der Waals surface area contributed by atoms with E-state index in [1.807, 2.05) is 19.1 Å². The van der Waals surface area contributed by atoms with Crippen LogP contribution in [0.4, 0.5) is 18.9 Å². The maximum Gasteiger partial charge on any atom is 0.490 e. The van der Waals surface area contributed by atoms with Gasteiger partial charge in [0.15, 0.2) is 6.04 Å². The summed E-state index contributed by atoms with van der Waals surface area (Å²) in [6.45, 7) is 2.85. The van der Waals surface area contributed by atoms with E-state index in [-0.39, 0.29) is 5.91 Å². The summed E-state index contributed by atoms with van der Waals surface area (Å²) >= 11 is 0. The maximum atomic E-state index is 12.2. The molecular formula is C30H31F3N4O7. The molecule has 0 saturated heterocycles. The van der Waals surface area contributed by atoms with Crippen LogP contribution in [0.2, 0.25) is 0 Å². The second kappa shape index (κ2) is 15.8. The fourth-order valence-electron chi connectivity index (χ4n) is 3.97. The van der Waals surface area contributed by atoms with Gasteiger partial charge in [-0.25, -0.2) is 9.59 Å². The smallest absolute Gasteiger partial charge is 0.479 e. The third-order valence-electron chi connectivity index (χ3n) is 6.19. The first-order valence-corrected chi connectivity index (χ1v) is 13.1. The summed E-state index contributed by atoms with van der Waals surface area (Å²) in [5, 5.41) is 18.9. The number of carbonyl (C=O) groups excluding carboxylic acids is 3. The fraction of sp³-hybridized carbons (Fsp3) is 0.233. The second-order valence-corrected chi connectivity index (χ2v) is 9.22. The van der Waals surface area contributed by atoms with E-state index in [4.69, 9.17) is 21.4 Å². The fourth-order valence-corrected chi connectivity index (χ4v) is 3.97. The van der Waals surface area contributed by atoms with Gasteiger partial charge < -0.3 is 31.9 Å².